The molecular weight excluding hydrogens is 196 g/mol. The average Bonchev–Trinajstić information content (AvgIpc) is 2.34. The Labute approximate surface area is 97.4 Å². The Kier molecular flexibility index (Phi) is 3.81. The molecule has 0 aliphatic carbocycles. The van der Waals surface area contributed by atoms with Gasteiger partial charge in [0.15, 0.2) is 0 Å². The Hall–Kier alpha value is -1.50. The van der Waals surface area contributed by atoms with Crippen LogP contribution in [-0.2, 0) is 6.42 Å². The van der Waals surface area contributed by atoms with Crippen molar-refractivity contribution in [1.29, 1.82) is 0 Å². The Morgan fingerprint density at radius 1 is 1.38 bits per heavy atom. The topological polar surface area (TPSA) is 9.23 Å². The highest BCUT2D eigenvalue weighted by atomic mass is 16.5. The minimum Gasteiger partial charge on any atom is -0.490 e. The molecule has 1 unspecified atom stereocenters. The van der Waals surface area contributed by atoms with E-state index in [-0.39, 0.29) is 0 Å². The molecular formula is C15H18O. The maximum absolute atomic E-state index is 5.95. The van der Waals surface area contributed by atoms with Crippen LogP contribution < -0.4 is 4.74 Å². The lowest BCUT2D eigenvalue weighted by Crippen LogP contribution is -2.22. The molecule has 0 radical (unpaired) electrons. The van der Waals surface area contributed by atoms with E-state index in [1.807, 2.05) is 18.2 Å². The van der Waals surface area contributed by atoms with Gasteiger partial charge in [0.1, 0.15) is 5.75 Å². The third-order valence-corrected chi connectivity index (χ3v) is 2.93. The standard InChI is InChI=1S/C15H18O/c1-2-3-4-5-9-14-12-11-13-8-6-7-10-15(13)16-14/h2-4,6-8,10,14H,1,5,9,11-12H2/b4-3+. The van der Waals surface area contributed by atoms with Gasteiger partial charge >= 0.3 is 0 Å². The van der Waals surface area contributed by atoms with E-state index in [9.17, 15) is 0 Å². The molecule has 1 heteroatoms. The molecule has 0 amide bonds. The van der Waals surface area contributed by atoms with Gasteiger partial charge in [-0.1, -0.05) is 43.0 Å². The Balaban J connectivity index is 1.88. The van der Waals surface area contributed by atoms with Crippen LogP contribution in [0.15, 0.2) is 49.1 Å². The number of benzene rings is 1. The van der Waals surface area contributed by atoms with Gasteiger partial charge in [0, 0.05) is 0 Å². The molecule has 0 saturated heterocycles. The summed E-state index contributed by atoms with van der Waals surface area (Å²) in [5.74, 6) is 1.08. The van der Waals surface area contributed by atoms with Gasteiger partial charge in [-0.15, -0.1) is 0 Å². The van der Waals surface area contributed by atoms with Crippen molar-refractivity contribution in [1.82, 2.24) is 0 Å². The number of hydrogen-bond acceptors (Lipinski definition) is 1. The summed E-state index contributed by atoms with van der Waals surface area (Å²) in [6.45, 7) is 3.66. The van der Waals surface area contributed by atoms with Crippen LogP contribution in [0, 0.1) is 0 Å². The Morgan fingerprint density at radius 2 is 2.25 bits per heavy atom. The van der Waals surface area contributed by atoms with Crippen LogP contribution in [-0.4, -0.2) is 6.10 Å². The second kappa shape index (κ2) is 5.55. The van der Waals surface area contributed by atoms with Crippen LogP contribution in [0.2, 0.25) is 0 Å². The Morgan fingerprint density at radius 3 is 3.12 bits per heavy atom. The van der Waals surface area contributed by atoms with E-state index in [0.717, 1.165) is 31.4 Å². The summed E-state index contributed by atoms with van der Waals surface area (Å²) in [6, 6.07) is 8.35. The molecule has 0 bridgehead atoms. The number of para-hydroxylation sites is 1. The van der Waals surface area contributed by atoms with Crippen molar-refractivity contribution in [3.8, 4) is 5.75 Å². The minimum atomic E-state index is 0.379. The lowest BCUT2D eigenvalue weighted by atomic mass is 9.99. The first-order valence-corrected chi connectivity index (χ1v) is 5.92. The molecule has 1 aromatic carbocycles. The van der Waals surface area contributed by atoms with Crippen molar-refractivity contribution in [3.05, 3.63) is 54.6 Å². The smallest absolute Gasteiger partial charge is 0.122 e. The number of aryl methyl sites for hydroxylation is 1. The molecule has 1 aliphatic heterocycles. The maximum Gasteiger partial charge on any atom is 0.122 e. The fourth-order valence-electron chi connectivity index (χ4n) is 2.06. The molecule has 1 aliphatic rings. The summed E-state index contributed by atoms with van der Waals surface area (Å²) < 4.78 is 5.95. The van der Waals surface area contributed by atoms with Crippen molar-refractivity contribution < 1.29 is 4.74 Å². The third-order valence-electron chi connectivity index (χ3n) is 2.93. The molecule has 2 rings (SSSR count). The molecule has 0 spiro atoms. The van der Waals surface area contributed by atoms with Crippen LogP contribution in [0.4, 0.5) is 0 Å². The van der Waals surface area contributed by atoms with Crippen molar-refractivity contribution >= 4 is 0 Å². The molecule has 1 heterocycles. The summed E-state index contributed by atoms with van der Waals surface area (Å²) >= 11 is 0. The lowest BCUT2D eigenvalue weighted by Gasteiger charge is -2.25. The Bertz CT molecular complexity index is 379. The van der Waals surface area contributed by atoms with Crippen molar-refractivity contribution in [2.24, 2.45) is 0 Å². The van der Waals surface area contributed by atoms with Gasteiger partial charge in [-0.05, 0) is 37.3 Å². The van der Waals surface area contributed by atoms with E-state index in [4.69, 9.17) is 4.74 Å². The zero-order valence-corrected chi connectivity index (χ0v) is 9.56. The lowest BCUT2D eigenvalue weighted by molar-refractivity contribution is 0.165. The van der Waals surface area contributed by atoms with Gasteiger partial charge < -0.3 is 4.74 Å². The van der Waals surface area contributed by atoms with Gasteiger partial charge in [0.25, 0.3) is 0 Å². The number of hydrogen-bond donors (Lipinski definition) is 0. The molecule has 0 N–H and O–H groups in total. The number of ether oxygens (including phenoxy) is 1. The first-order chi connectivity index (χ1) is 7.90. The van der Waals surface area contributed by atoms with Gasteiger partial charge in [-0.2, -0.15) is 0 Å². The summed E-state index contributed by atoms with van der Waals surface area (Å²) in [4.78, 5) is 0. The van der Waals surface area contributed by atoms with Crippen LogP contribution in [0.3, 0.4) is 0 Å². The monoisotopic (exact) mass is 214 g/mol. The third kappa shape index (κ3) is 2.75. The summed E-state index contributed by atoms with van der Waals surface area (Å²) in [6.07, 6.45) is 10.8. The SMILES string of the molecule is C=C/C=C/CCC1CCc2ccccc2O1. The van der Waals surface area contributed by atoms with Gasteiger partial charge in [0.2, 0.25) is 0 Å². The maximum atomic E-state index is 5.95. The summed E-state index contributed by atoms with van der Waals surface area (Å²) in [5, 5.41) is 0. The van der Waals surface area contributed by atoms with E-state index in [1.54, 1.807) is 0 Å². The van der Waals surface area contributed by atoms with E-state index >= 15 is 0 Å². The van der Waals surface area contributed by atoms with Gasteiger partial charge in [-0.25, -0.2) is 0 Å². The second-order valence-corrected chi connectivity index (χ2v) is 4.13. The average molecular weight is 214 g/mol. The van der Waals surface area contributed by atoms with Gasteiger partial charge in [-0.3, -0.25) is 0 Å². The molecule has 84 valence electrons. The number of rotatable bonds is 4. The highest BCUT2D eigenvalue weighted by molar-refractivity contribution is 5.35. The first kappa shape index (κ1) is 11.0. The van der Waals surface area contributed by atoms with Crippen LogP contribution in [0.5, 0.6) is 5.75 Å². The van der Waals surface area contributed by atoms with E-state index in [1.165, 1.54) is 5.56 Å². The van der Waals surface area contributed by atoms with Crippen LogP contribution in [0.25, 0.3) is 0 Å². The highest BCUT2D eigenvalue weighted by Crippen LogP contribution is 2.28. The second-order valence-electron chi connectivity index (χ2n) is 4.13. The van der Waals surface area contributed by atoms with E-state index < -0.39 is 0 Å². The zero-order valence-electron chi connectivity index (χ0n) is 9.56. The van der Waals surface area contributed by atoms with E-state index in [0.29, 0.717) is 6.10 Å². The largest absolute Gasteiger partial charge is 0.490 e. The molecule has 0 fully saturated rings. The van der Waals surface area contributed by atoms with Gasteiger partial charge in [0.05, 0.1) is 6.10 Å². The fourth-order valence-corrected chi connectivity index (χ4v) is 2.06. The molecule has 0 aromatic heterocycles. The number of allylic oxidation sites excluding steroid dienone is 3. The molecule has 1 atom stereocenters. The van der Waals surface area contributed by atoms with Crippen molar-refractivity contribution in [2.75, 3.05) is 0 Å². The summed E-state index contributed by atoms with van der Waals surface area (Å²) in [7, 11) is 0. The van der Waals surface area contributed by atoms with E-state index in [2.05, 4.69) is 30.9 Å². The van der Waals surface area contributed by atoms with Crippen LogP contribution in [0.1, 0.15) is 24.8 Å². The first-order valence-electron chi connectivity index (χ1n) is 5.92. The molecule has 16 heavy (non-hydrogen) atoms. The normalized spacial score (nSPS) is 19.1. The predicted molar refractivity (Wildman–Crippen MR) is 67.8 cm³/mol. The quantitative estimate of drug-likeness (QED) is 0.691. The van der Waals surface area contributed by atoms with Crippen molar-refractivity contribution in [2.45, 2.75) is 31.8 Å². The molecule has 1 nitrogen and oxygen atoms in total. The number of fused-ring (bicyclic) bond motifs is 1. The molecule has 0 saturated carbocycles. The van der Waals surface area contributed by atoms with Crippen LogP contribution >= 0.6 is 0 Å². The minimum absolute atomic E-state index is 0.379. The fraction of sp³-hybridized carbons (Fsp3) is 0.333. The zero-order chi connectivity index (χ0) is 11.2. The molecule has 1 aromatic rings. The van der Waals surface area contributed by atoms with Crippen molar-refractivity contribution in [3.63, 3.8) is 0 Å². The summed E-state index contributed by atoms with van der Waals surface area (Å²) in [5.41, 5.74) is 1.35. The predicted octanol–water partition coefficient (Wildman–Crippen LogP) is 3.90. The highest BCUT2D eigenvalue weighted by Gasteiger charge is 2.17.